The van der Waals surface area contributed by atoms with Crippen LogP contribution in [0.15, 0.2) is 48.5 Å². The fraction of sp³-hybridized carbons (Fsp3) is 0.222. The Morgan fingerprint density at radius 2 is 1.54 bits per heavy atom. The molecule has 2 amide bonds. The first-order valence-electron chi connectivity index (χ1n) is 7.66. The molecule has 0 spiro atoms. The normalized spacial score (nSPS) is 10.5. The topological polar surface area (TPSA) is 87.5 Å². The minimum Gasteiger partial charge on any atom is -0.397 e. The summed E-state index contributed by atoms with van der Waals surface area (Å²) in [5, 5.41) is 5.58. The lowest BCUT2D eigenvalue weighted by Crippen LogP contribution is -2.31. The van der Waals surface area contributed by atoms with Crippen molar-refractivity contribution in [1.29, 1.82) is 0 Å². The number of hydrogen-bond donors (Lipinski definition) is 3. The standard InChI is InChI=1S/C18H22N4O2/c1-22(2)12-11-20-17(23)13-7-9-14(10-8-13)18(24)21-16-6-4-3-5-15(16)19/h3-10H,11-12,19H2,1-2H3,(H,20,23)(H,21,24). The molecule has 0 unspecified atom stereocenters. The van der Waals surface area contributed by atoms with Crippen molar-refractivity contribution < 1.29 is 9.59 Å². The predicted molar refractivity (Wildman–Crippen MR) is 96.1 cm³/mol. The van der Waals surface area contributed by atoms with E-state index < -0.39 is 0 Å². The van der Waals surface area contributed by atoms with E-state index in [0.29, 0.717) is 29.0 Å². The van der Waals surface area contributed by atoms with Crippen LogP contribution in [0.4, 0.5) is 11.4 Å². The summed E-state index contributed by atoms with van der Waals surface area (Å²) in [5.41, 5.74) is 7.85. The number of carbonyl (C=O) groups is 2. The van der Waals surface area contributed by atoms with Crippen molar-refractivity contribution in [2.24, 2.45) is 0 Å². The Bertz CT molecular complexity index is 711. The second-order valence-electron chi connectivity index (χ2n) is 5.68. The van der Waals surface area contributed by atoms with Crippen LogP contribution in [-0.4, -0.2) is 43.9 Å². The summed E-state index contributed by atoms with van der Waals surface area (Å²) < 4.78 is 0. The molecule has 0 bridgehead atoms. The maximum absolute atomic E-state index is 12.2. The van der Waals surface area contributed by atoms with Crippen molar-refractivity contribution >= 4 is 23.2 Å². The van der Waals surface area contributed by atoms with E-state index in [1.54, 1.807) is 48.5 Å². The van der Waals surface area contributed by atoms with Gasteiger partial charge in [0.15, 0.2) is 0 Å². The highest BCUT2D eigenvalue weighted by molar-refractivity contribution is 6.06. The molecule has 0 aliphatic carbocycles. The molecule has 0 saturated carbocycles. The zero-order chi connectivity index (χ0) is 17.5. The average Bonchev–Trinajstić information content (AvgIpc) is 2.56. The SMILES string of the molecule is CN(C)CCNC(=O)c1ccc(C(=O)Nc2ccccc2N)cc1. The van der Waals surface area contributed by atoms with Gasteiger partial charge in [-0.15, -0.1) is 0 Å². The molecule has 0 aliphatic rings. The van der Waals surface area contributed by atoms with Crippen LogP contribution in [0.25, 0.3) is 0 Å². The molecule has 4 N–H and O–H groups in total. The highest BCUT2D eigenvalue weighted by Gasteiger charge is 2.10. The molecule has 0 atom stereocenters. The third-order valence-electron chi connectivity index (χ3n) is 3.46. The minimum absolute atomic E-state index is 0.156. The van der Waals surface area contributed by atoms with Crippen LogP contribution in [0.3, 0.4) is 0 Å². The van der Waals surface area contributed by atoms with Crippen LogP contribution in [0, 0.1) is 0 Å². The number of anilines is 2. The molecule has 2 rings (SSSR count). The van der Waals surface area contributed by atoms with Crippen molar-refractivity contribution in [3.63, 3.8) is 0 Å². The van der Waals surface area contributed by atoms with E-state index in [-0.39, 0.29) is 11.8 Å². The van der Waals surface area contributed by atoms with Crippen molar-refractivity contribution in [3.05, 3.63) is 59.7 Å². The number of amides is 2. The van der Waals surface area contributed by atoms with E-state index in [4.69, 9.17) is 5.73 Å². The lowest BCUT2D eigenvalue weighted by atomic mass is 10.1. The fourth-order valence-electron chi connectivity index (χ4n) is 2.07. The molecule has 24 heavy (non-hydrogen) atoms. The minimum atomic E-state index is -0.271. The van der Waals surface area contributed by atoms with Gasteiger partial charge in [0.25, 0.3) is 11.8 Å². The number of nitrogen functional groups attached to an aromatic ring is 1. The number of benzene rings is 2. The lowest BCUT2D eigenvalue weighted by Gasteiger charge is -2.11. The number of nitrogens with two attached hydrogens (primary N) is 1. The van der Waals surface area contributed by atoms with E-state index in [1.807, 2.05) is 19.0 Å². The Morgan fingerprint density at radius 1 is 0.958 bits per heavy atom. The second-order valence-corrected chi connectivity index (χ2v) is 5.68. The Morgan fingerprint density at radius 3 is 2.12 bits per heavy atom. The number of carbonyl (C=O) groups excluding carboxylic acids is 2. The summed E-state index contributed by atoms with van der Waals surface area (Å²) in [7, 11) is 3.89. The Hall–Kier alpha value is -2.86. The molecule has 0 aromatic heterocycles. The molecule has 0 heterocycles. The molecular formula is C18H22N4O2. The van der Waals surface area contributed by atoms with Crippen molar-refractivity contribution in [2.45, 2.75) is 0 Å². The van der Waals surface area contributed by atoms with Gasteiger partial charge in [0, 0.05) is 24.2 Å². The maximum atomic E-state index is 12.2. The smallest absolute Gasteiger partial charge is 0.255 e. The lowest BCUT2D eigenvalue weighted by molar-refractivity contribution is 0.0949. The fourth-order valence-corrected chi connectivity index (χ4v) is 2.07. The Balaban J connectivity index is 1.97. The van der Waals surface area contributed by atoms with Crippen LogP contribution < -0.4 is 16.4 Å². The zero-order valence-corrected chi connectivity index (χ0v) is 13.9. The van der Waals surface area contributed by atoms with Crippen molar-refractivity contribution in [3.8, 4) is 0 Å². The molecule has 0 radical (unpaired) electrons. The van der Waals surface area contributed by atoms with Gasteiger partial charge < -0.3 is 21.3 Å². The number of para-hydroxylation sites is 2. The summed E-state index contributed by atoms with van der Waals surface area (Å²) in [6, 6.07) is 13.6. The molecular weight excluding hydrogens is 304 g/mol. The summed E-state index contributed by atoms with van der Waals surface area (Å²) in [5.74, 6) is -0.427. The predicted octanol–water partition coefficient (Wildman–Crippen LogP) is 1.81. The molecule has 126 valence electrons. The zero-order valence-electron chi connectivity index (χ0n) is 13.9. The highest BCUT2D eigenvalue weighted by Crippen LogP contribution is 2.18. The quantitative estimate of drug-likeness (QED) is 0.707. The molecule has 0 fully saturated rings. The van der Waals surface area contributed by atoms with Gasteiger partial charge in [-0.25, -0.2) is 0 Å². The van der Waals surface area contributed by atoms with Crippen LogP contribution >= 0.6 is 0 Å². The third kappa shape index (κ3) is 4.82. The Kier molecular flexibility index (Phi) is 5.92. The number of rotatable bonds is 6. The van der Waals surface area contributed by atoms with Gasteiger partial charge in [-0.3, -0.25) is 9.59 Å². The monoisotopic (exact) mass is 326 g/mol. The molecule has 6 nitrogen and oxygen atoms in total. The van der Waals surface area contributed by atoms with Gasteiger partial charge in [0.2, 0.25) is 0 Å². The summed E-state index contributed by atoms with van der Waals surface area (Å²) in [6.07, 6.45) is 0. The molecule has 0 aliphatic heterocycles. The van der Waals surface area contributed by atoms with Crippen molar-refractivity contribution in [1.82, 2.24) is 10.2 Å². The molecule has 6 heteroatoms. The van der Waals surface area contributed by atoms with E-state index in [1.165, 1.54) is 0 Å². The largest absolute Gasteiger partial charge is 0.397 e. The van der Waals surface area contributed by atoms with Gasteiger partial charge in [-0.2, -0.15) is 0 Å². The maximum Gasteiger partial charge on any atom is 0.255 e. The van der Waals surface area contributed by atoms with Crippen LogP contribution in [0.2, 0.25) is 0 Å². The second kappa shape index (κ2) is 8.12. The summed E-state index contributed by atoms with van der Waals surface area (Å²) in [4.78, 5) is 26.2. The number of likely N-dealkylation sites (N-methyl/N-ethyl adjacent to an activating group) is 1. The number of hydrogen-bond acceptors (Lipinski definition) is 4. The molecule has 0 saturated heterocycles. The summed E-state index contributed by atoms with van der Waals surface area (Å²) in [6.45, 7) is 1.34. The van der Waals surface area contributed by atoms with E-state index in [0.717, 1.165) is 6.54 Å². The van der Waals surface area contributed by atoms with Crippen LogP contribution in [0.5, 0.6) is 0 Å². The first-order valence-corrected chi connectivity index (χ1v) is 7.66. The first kappa shape index (κ1) is 17.5. The van der Waals surface area contributed by atoms with Gasteiger partial charge in [0.05, 0.1) is 11.4 Å². The molecule has 2 aromatic rings. The van der Waals surface area contributed by atoms with Crippen LogP contribution in [0.1, 0.15) is 20.7 Å². The van der Waals surface area contributed by atoms with Gasteiger partial charge in [0.1, 0.15) is 0 Å². The van der Waals surface area contributed by atoms with E-state index in [2.05, 4.69) is 10.6 Å². The van der Waals surface area contributed by atoms with Gasteiger partial charge in [-0.05, 0) is 50.5 Å². The number of nitrogens with zero attached hydrogens (tertiary/aromatic N) is 1. The first-order chi connectivity index (χ1) is 11.5. The average molecular weight is 326 g/mol. The molecule has 2 aromatic carbocycles. The highest BCUT2D eigenvalue weighted by atomic mass is 16.2. The van der Waals surface area contributed by atoms with Crippen molar-refractivity contribution in [2.75, 3.05) is 38.2 Å². The van der Waals surface area contributed by atoms with Gasteiger partial charge in [-0.1, -0.05) is 12.1 Å². The summed E-state index contributed by atoms with van der Waals surface area (Å²) >= 11 is 0. The number of nitrogens with one attached hydrogen (secondary N) is 2. The van der Waals surface area contributed by atoms with Crippen LogP contribution in [-0.2, 0) is 0 Å². The van der Waals surface area contributed by atoms with Gasteiger partial charge >= 0.3 is 0 Å². The third-order valence-corrected chi connectivity index (χ3v) is 3.46. The van der Waals surface area contributed by atoms with E-state index in [9.17, 15) is 9.59 Å². The Labute approximate surface area is 141 Å². The van der Waals surface area contributed by atoms with E-state index >= 15 is 0 Å².